The van der Waals surface area contributed by atoms with Crippen molar-refractivity contribution in [3.05, 3.63) is 72.6 Å². The highest BCUT2D eigenvalue weighted by Gasteiger charge is 2.10. The van der Waals surface area contributed by atoms with Crippen LogP contribution in [-0.2, 0) is 24.8 Å². The predicted octanol–water partition coefficient (Wildman–Crippen LogP) is 3.49. The molecule has 0 aliphatic rings. The first-order valence-electron chi connectivity index (χ1n) is 8.56. The molecule has 0 unspecified atom stereocenters. The normalized spacial score (nSPS) is 11.2. The van der Waals surface area contributed by atoms with Gasteiger partial charge in [0.25, 0.3) is 0 Å². The third-order valence-corrected chi connectivity index (χ3v) is 4.69. The van der Waals surface area contributed by atoms with Crippen molar-refractivity contribution >= 4 is 27.7 Å². The van der Waals surface area contributed by atoms with E-state index in [0.29, 0.717) is 13.0 Å². The van der Waals surface area contributed by atoms with Crippen molar-refractivity contribution in [1.82, 2.24) is 14.5 Å². The fourth-order valence-corrected chi connectivity index (χ4v) is 3.45. The minimum Gasteiger partial charge on any atom is -0.354 e. The smallest absolute Gasteiger partial charge is 0.224 e. The number of benzene rings is 2. The van der Waals surface area contributed by atoms with Gasteiger partial charge in [0, 0.05) is 49.0 Å². The Bertz CT molecular complexity index is 1040. The van der Waals surface area contributed by atoms with Gasteiger partial charge in [0.15, 0.2) is 0 Å². The summed E-state index contributed by atoms with van der Waals surface area (Å²) >= 11 is 0. The molecule has 4 aromatic rings. The number of rotatable bonds is 5. The Morgan fingerprint density at radius 3 is 2.64 bits per heavy atom. The predicted molar refractivity (Wildman–Crippen MR) is 102 cm³/mol. The van der Waals surface area contributed by atoms with Crippen molar-refractivity contribution < 1.29 is 4.79 Å². The summed E-state index contributed by atoms with van der Waals surface area (Å²) in [4.78, 5) is 12.3. The van der Waals surface area contributed by atoms with Gasteiger partial charge < -0.3 is 14.5 Å². The van der Waals surface area contributed by atoms with Gasteiger partial charge in [-0.25, -0.2) is 0 Å². The van der Waals surface area contributed by atoms with Crippen molar-refractivity contribution in [1.29, 1.82) is 0 Å². The van der Waals surface area contributed by atoms with Gasteiger partial charge in [0.2, 0.25) is 5.91 Å². The van der Waals surface area contributed by atoms with Crippen molar-refractivity contribution in [3.8, 4) is 0 Å². The van der Waals surface area contributed by atoms with Gasteiger partial charge in [-0.2, -0.15) is 0 Å². The average molecular weight is 331 g/mol. The van der Waals surface area contributed by atoms with Crippen LogP contribution in [0.25, 0.3) is 21.8 Å². The second kappa shape index (κ2) is 6.48. The molecule has 2 aromatic heterocycles. The van der Waals surface area contributed by atoms with Crippen LogP contribution in [0.3, 0.4) is 0 Å². The Balaban J connectivity index is 1.39. The number of nitrogens with one attached hydrogen (secondary N) is 1. The van der Waals surface area contributed by atoms with Crippen LogP contribution >= 0.6 is 0 Å². The summed E-state index contributed by atoms with van der Waals surface area (Å²) in [5.41, 5.74) is 3.43. The maximum Gasteiger partial charge on any atom is 0.224 e. The number of aryl methyl sites for hydroxylation is 1. The van der Waals surface area contributed by atoms with Crippen LogP contribution in [0.15, 0.2) is 67.0 Å². The minimum absolute atomic E-state index is 0.0628. The van der Waals surface area contributed by atoms with Gasteiger partial charge in [0.1, 0.15) is 0 Å². The lowest BCUT2D eigenvalue weighted by molar-refractivity contribution is -0.120. The number of fused-ring (bicyclic) bond motifs is 2. The van der Waals surface area contributed by atoms with Crippen molar-refractivity contribution in [2.24, 2.45) is 7.05 Å². The van der Waals surface area contributed by atoms with E-state index in [2.05, 4.69) is 51.0 Å². The van der Waals surface area contributed by atoms with Crippen LogP contribution in [0, 0.1) is 0 Å². The molecule has 0 bridgehead atoms. The second-order valence-electron chi connectivity index (χ2n) is 6.38. The number of carbonyl (C=O) groups is 1. The van der Waals surface area contributed by atoms with Crippen LogP contribution in [0.5, 0.6) is 0 Å². The third-order valence-electron chi connectivity index (χ3n) is 4.69. The SMILES string of the molecule is Cn1cc(CC(=O)NCCn2ccc3ccccc32)c2ccccc21. The first-order valence-corrected chi connectivity index (χ1v) is 8.56. The summed E-state index contributed by atoms with van der Waals surface area (Å²) in [5.74, 6) is 0.0628. The summed E-state index contributed by atoms with van der Waals surface area (Å²) in [5, 5.41) is 5.42. The highest BCUT2D eigenvalue weighted by Crippen LogP contribution is 2.20. The van der Waals surface area contributed by atoms with E-state index in [1.54, 1.807) is 0 Å². The zero-order valence-corrected chi connectivity index (χ0v) is 14.3. The van der Waals surface area contributed by atoms with Crippen LogP contribution in [0.2, 0.25) is 0 Å². The molecule has 4 nitrogen and oxygen atoms in total. The van der Waals surface area contributed by atoms with E-state index in [4.69, 9.17) is 0 Å². The highest BCUT2D eigenvalue weighted by atomic mass is 16.1. The van der Waals surface area contributed by atoms with Gasteiger partial charge in [0.05, 0.1) is 6.42 Å². The number of para-hydroxylation sites is 2. The molecular formula is C21H21N3O. The number of aromatic nitrogens is 2. The van der Waals surface area contributed by atoms with Crippen molar-refractivity contribution in [2.45, 2.75) is 13.0 Å². The maximum absolute atomic E-state index is 12.3. The zero-order valence-electron chi connectivity index (χ0n) is 14.3. The van der Waals surface area contributed by atoms with Crippen molar-refractivity contribution in [3.63, 3.8) is 0 Å². The van der Waals surface area contributed by atoms with E-state index < -0.39 is 0 Å². The summed E-state index contributed by atoms with van der Waals surface area (Å²) in [6.45, 7) is 1.40. The topological polar surface area (TPSA) is 39.0 Å². The van der Waals surface area contributed by atoms with E-state index in [0.717, 1.165) is 23.0 Å². The molecule has 4 heteroatoms. The van der Waals surface area contributed by atoms with Gasteiger partial charge in [-0.15, -0.1) is 0 Å². The Morgan fingerprint density at radius 2 is 1.76 bits per heavy atom. The molecule has 0 spiro atoms. The molecule has 0 radical (unpaired) electrons. The fourth-order valence-electron chi connectivity index (χ4n) is 3.45. The van der Waals surface area contributed by atoms with E-state index in [9.17, 15) is 4.79 Å². The molecule has 0 atom stereocenters. The second-order valence-corrected chi connectivity index (χ2v) is 6.38. The Kier molecular flexibility index (Phi) is 4.02. The van der Waals surface area contributed by atoms with Crippen LogP contribution in [-0.4, -0.2) is 21.6 Å². The van der Waals surface area contributed by atoms with Crippen molar-refractivity contribution in [2.75, 3.05) is 6.54 Å². The van der Waals surface area contributed by atoms with Gasteiger partial charge in [-0.1, -0.05) is 36.4 Å². The lowest BCUT2D eigenvalue weighted by Gasteiger charge is -2.07. The highest BCUT2D eigenvalue weighted by molar-refractivity contribution is 5.89. The Hall–Kier alpha value is -3.01. The van der Waals surface area contributed by atoms with E-state index in [-0.39, 0.29) is 5.91 Å². The molecule has 2 aromatic carbocycles. The average Bonchev–Trinajstić information content (AvgIpc) is 3.17. The summed E-state index contributed by atoms with van der Waals surface area (Å²) in [6.07, 6.45) is 4.53. The molecule has 0 aliphatic carbocycles. The number of amides is 1. The van der Waals surface area contributed by atoms with E-state index in [1.165, 1.54) is 10.9 Å². The van der Waals surface area contributed by atoms with E-state index >= 15 is 0 Å². The first-order chi connectivity index (χ1) is 12.2. The van der Waals surface area contributed by atoms with Crippen LogP contribution < -0.4 is 5.32 Å². The third kappa shape index (κ3) is 3.03. The summed E-state index contributed by atoms with van der Waals surface area (Å²) in [7, 11) is 2.01. The quantitative estimate of drug-likeness (QED) is 0.597. The van der Waals surface area contributed by atoms with Crippen LogP contribution in [0.1, 0.15) is 5.56 Å². The fraction of sp³-hybridized carbons (Fsp3) is 0.190. The Morgan fingerprint density at radius 1 is 1.00 bits per heavy atom. The van der Waals surface area contributed by atoms with E-state index in [1.807, 2.05) is 37.5 Å². The summed E-state index contributed by atoms with van der Waals surface area (Å²) < 4.78 is 4.25. The molecule has 25 heavy (non-hydrogen) atoms. The molecule has 4 rings (SSSR count). The first kappa shape index (κ1) is 15.5. The molecular weight excluding hydrogens is 310 g/mol. The largest absolute Gasteiger partial charge is 0.354 e. The number of nitrogens with zero attached hydrogens (tertiary/aromatic N) is 2. The van der Waals surface area contributed by atoms with Gasteiger partial charge >= 0.3 is 0 Å². The molecule has 0 aliphatic heterocycles. The maximum atomic E-state index is 12.3. The molecule has 126 valence electrons. The monoisotopic (exact) mass is 331 g/mol. The zero-order chi connectivity index (χ0) is 17.2. The van der Waals surface area contributed by atoms with Gasteiger partial charge in [-0.05, 0) is 29.1 Å². The lowest BCUT2D eigenvalue weighted by Crippen LogP contribution is -2.28. The molecule has 1 amide bonds. The molecule has 1 N–H and O–H groups in total. The molecule has 0 saturated carbocycles. The summed E-state index contributed by atoms with van der Waals surface area (Å²) in [6, 6.07) is 18.6. The minimum atomic E-state index is 0.0628. The molecule has 2 heterocycles. The number of carbonyl (C=O) groups excluding carboxylic acids is 1. The van der Waals surface area contributed by atoms with Crippen LogP contribution in [0.4, 0.5) is 0 Å². The lowest BCUT2D eigenvalue weighted by atomic mass is 10.1. The number of hydrogen-bond acceptors (Lipinski definition) is 1. The standard InChI is InChI=1S/C21H21N3O/c1-23-15-17(18-7-3-5-9-20(18)23)14-21(25)22-11-13-24-12-10-16-6-2-4-8-19(16)24/h2-10,12,15H,11,13-14H2,1H3,(H,22,25). The van der Waals surface area contributed by atoms with Gasteiger partial charge in [-0.3, -0.25) is 4.79 Å². The molecule has 0 saturated heterocycles. The molecule has 0 fully saturated rings. The number of hydrogen-bond donors (Lipinski definition) is 1. The Labute approximate surface area is 146 Å².